The predicted molar refractivity (Wildman–Crippen MR) is 153 cm³/mol. The first-order valence-electron chi connectivity index (χ1n) is 14.5. The molecule has 5 nitrogen and oxygen atoms in total. The number of nitrogens with zero attached hydrogens (tertiary/aromatic N) is 2. The van der Waals surface area contributed by atoms with Crippen LogP contribution < -0.4 is 0 Å². The summed E-state index contributed by atoms with van der Waals surface area (Å²) in [6.07, 6.45) is 12.5. The van der Waals surface area contributed by atoms with Gasteiger partial charge >= 0.3 is 0 Å². The number of amides is 2. The van der Waals surface area contributed by atoms with Gasteiger partial charge in [-0.05, 0) is 43.2 Å². The molecule has 1 aliphatic heterocycles. The highest BCUT2D eigenvalue weighted by Crippen LogP contribution is 2.37. The molecule has 38 heavy (non-hydrogen) atoms. The molecule has 0 spiro atoms. The summed E-state index contributed by atoms with van der Waals surface area (Å²) in [5, 5.41) is -0.0178. The van der Waals surface area contributed by atoms with Gasteiger partial charge in [-0.1, -0.05) is 105 Å². The van der Waals surface area contributed by atoms with E-state index in [1.165, 1.54) is 55.9 Å². The van der Waals surface area contributed by atoms with Gasteiger partial charge in [-0.2, -0.15) is 0 Å². The molecule has 2 aliphatic carbocycles. The van der Waals surface area contributed by atoms with E-state index in [0.717, 1.165) is 37.7 Å². The topological polar surface area (TPSA) is 57.7 Å². The van der Waals surface area contributed by atoms with Crippen LogP contribution in [0.25, 0.3) is 0 Å². The Kier molecular flexibility index (Phi) is 9.21. The minimum atomic E-state index is -0.564. The second kappa shape index (κ2) is 13.0. The maximum Gasteiger partial charge on any atom is 0.250 e. The van der Waals surface area contributed by atoms with Gasteiger partial charge in [0.2, 0.25) is 11.0 Å². The first-order valence-corrected chi connectivity index (χ1v) is 15.5. The van der Waals surface area contributed by atoms with Gasteiger partial charge in [0.1, 0.15) is 6.04 Å². The van der Waals surface area contributed by atoms with Crippen LogP contribution in [0.1, 0.15) is 98.2 Å². The van der Waals surface area contributed by atoms with Crippen molar-refractivity contribution in [2.75, 3.05) is 12.3 Å². The largest absolute Gasteiger partial charge is 0.335 e. The van der Waals surface area contributed by atoms with Gasteiger partial charge in [0.05, 0.1) is 0 Å². The third kappa shape index (κ3) is 6.17. The van der Waals surface area contributed by atoms with Gasteiger partial charge in [-0.3, -0.25) is 14.4 Å². The number of thioether (sulfide) groups is 1. The molecule has 5 rings (SSSR count). The van der Waals surface area contributed by atoms with Gasteiger partial charge in [0, 0.05) is 36.4 Å². The normalized spacial score (nSPS) is 20.5. The zero-order valence-corrected chi connectivity index (χ0v) is 23.2. The van der Waals surface area contributed by atoms with Crippen LogP contribution in [0, 0.1) is 0 Å². The van der Waals surface area contributed by atoms with E-state index in [-0.39, 0.29) is 35.4 Å². The lowest BCUT2D eigenvalue weighted by Gasteiger charge is -2.46. The Balaban J connectivity index is 1.36. The SMILES string of the molecule is O=C(SCCC(=O)N1CCc2ccccc2C1C(=O)N(C1CCCCC1)C1CCCCC1)c1ccccc1. The van der Waals surface area contributed by atoms with Crippen molar-refractivity contribution >= 4 is 28.7 Å². The minimum Gasteiger partial charge on any atom is -0.335 e. The highest BCUT2D eigenvalue weighted by Gasteiger charge is 2.42. The maximum atomic E-state index is 14.6. The van der Waals surface area contributed by atoms with Crippen LogP contribution in [0.5, 0.6) is 0 Å². The molecule has 0 saturated heterocycles. The van der Waals surface area contributed by atoms with Crippen LogP contribution in [-0.2, 0) is 16.0 Å². The summed E-state index contributed by atoms with van der Waals surface area (Å²) < 4.78 is 0. The molecule has 2 amide bonds. The summed E-state index contributed by atoms with van der Waals surface area (Å²) in [7, 11) is 0. The Morgan fingerprint density at radius 2 is 1.39 bits per heavy atom. The van der Waals surface area contributed by atoms with Gasteiger partial charge in [0.25, 0.3) is 5.91 Å². The van der Waals surface area contributed by atoms with Crippen molar-refractivity contribution in [2.45, 2.75) is 95.2 Å². The summed E-state index contributed by atoms with van der Waals surface area (Å²) in [5.41, 5.74) is 2.82. The van der Waals surface area contributed by atoms with Crippen molar-refractivity contribution in [3.63, 3.8) is 0 Å². The van der Waals surface area contributed by atoms with Gasteiger partial charge in [-0.25, -0.2) is 0 Å². The lowest BCUT2D eigenvalue weighted by molar-refractivity contribution is -0.151. The molecule has 0 aromatic heterocycles. The van der Waals surface area contributed by atoms with Crippen molar-refractivity contribution in [2.24, 2.45) is 0 Å². The van der Waals surface area contributed by atoms with E-state index in [1.807, 2.05) is 41.3 Å². The molecule has 202 valence electrons. The number of fused-ring (bicyclic) bond motifs is 1. The average Bonchev–Trinajstić information content (AvgIpc) is 2.98. The standard InChI is InChI=1S/C32H40N2O3S/c35-29(21-23-38-32(37)25-13-4-1-5-14-25)33-22-20-24-12-10-11-19-28(24)30(33)31(36)34(26-15-6-2-7-16-26)27-17-8-3-9-18-27/h1,4-5,10-14,19,26-27,30H,2-3,6-9,15-18,20-23H2. The Bertz CT molecular complexity index is 1090. The Morgan fingerprint density at radius 3 is 2.05 bits per heavy atom. The van der Waals surface area contributed by atoms with E-state index in [9.17, 15) is 14.4 Å². The summed E-state index contributed by atoms with van der Waals surface area (Å²) in [6.45, 7) is 0.548. The molecule has 0 radical (unpaired) electrons. The monoisotopic (exact) mass is 532 g/mol. The Hall–Kier alpha value is -2.60. The highest BCUT2D eigenvalue weighted by molar-refractivity contribution is 8.14. The van der Waals surface area contributed by atoms with Crippen molar-refractivity contribution in [3.8, 4) is 0 Å². The first kappa shape index (κ1) is 27.0. The van der Waals surface area contributed by atoms with E-state index in [0.29, 0.717) is 17.9 Å². The van der Waals surface area contributed by atoms with Crippen LogP contribution in [0.4, 0.5) is 0 Å². The summed E-state index contributed by atoms with van der Waals surface area (Å²) in [4.78, 5) is 44.9. The molecule has 2 aromatic carbocycles. The Labute approximate surface area is 231 Å². The van der Waals surface area contributed by atoms with Crippen molar-refractivity contribution in [1.29, 1.82) is 0 Å². The molecular weight excluding hydrogens is 492 g/mol. The molecule has 1 atom stereocenters. The summed E-state index contributed by atoms with van der Waals surface area (Å²) >= 11 is 1.19. The number of carbonyl (C=O) groups is 3. The average molecular weight is 533 g/mol. The maximum absolute atomic E-state index is 14.6. The van der Waals surface area contributed by atoms with Crippen molar-refractivity contribution in [1.82, 2.24) is 9.80 Å². The van der Waals surface area contributed by atoms with Gasteiger partial charge in [0.15, 0.2) is 0 Å². The zero-order valence-electron chi connectivity index (χ0n) is 22.4. The highest BCUT2D eigenvalue weighted by atomic mass is 32.2. The van der Waals surface area contributed by atoms with E-state index in [2.05, 4.69) is 11.0 Å². The molecule has 1 unspecified atom stereocenters. The van der Waals surface area contributed by atoms with E-state index >= 15 is 0 Å². The number of benzene rings is 2. The van der Waals surface area contributed by atoms with Gasteiger partial charge < -0.3 is 9.80 Å². The fraction of sp³-hybridized carbons (Fsp3) is 0.531. The third-order valence-electron chi connectivity index (χ3n) is 8.59. The predicted octanol–water partition coefficient (Wildman–Crippen LogP) is 6.57. The van der Waals surface area contributed by atoms with Crippen molar-refractivity contribution < 1.29 is 14.4 Å². The number of rotatable bonds is 7. The van der Waals surface area contributed by atoms with Crippen LogP contribution in [-0.4, -0.2) is 51.1 Å². The molecular formula is C32H40N2O3S. The number of hydrogen-bond acceptors (Lipinski definition) is 4. The second-order valence-corrected chi connectivity index (χ2v) is 12.1. The van der Waals surface area contributed by atoms with Crippen LogP contribution in [0.3, 0.4) is 0 Å². The lowest BCUT2D eigenvalue weighted by atomic mass is 9.86. The van der Waals surface area contributed by atoms with Crippen LogP contribution in [0.2, 0.25) is 0 Å². The summed E-state index contributed by atoms with van der Waals surface area (Å²) in [5.74, 6) is 0.511. The molecule has 6 heteroatoms. The molecule has 2 fully saturated rings. The fourth-order valence-electron chi connectivity index (χ4n) is 6.65. The first-order chi connectivity index (χ1) is 18.6. The van der Waals surface area contributed by atoms with Crippen LogP contribution in [0.15, 0.2) is 54.6 Å². The zero-order chi connectivity index (χ0) is 26.3. The molecule has 2 saturated carbocycles. The van der Waals surface area contributed by atoms with E-state index < -0.39 is 6.04 Å². The number of carbonyl (C=O) groups excluding carboxylic acids is 3. The molecule has 2 aromatic rings. The lowest BCUT2D eigenvalue weighted by Crippen LogP contribution is -2.55. The van der Waals surface area contributed by atoms with E-state index in [1.54, 1.807) is 12.1 Å². The second-order valence-electron chi connectivity index (χ2n) is 11.0. The quantitative estimate of drug-likeness (QED) is 0.405. The number of hydrogen-bond donors (Lipinski definition) is 0. The smallest absolute Gasteiger partial charge is 0.250 e. The van der Waals surface area contributed by atoms with Crippen molar-refractivity contribution in [3.05, 3.63) is 71.3 Å². The molecule has 0 N–H and O–H groups in total. The molecule has 0 bridgehead atoms. The fourth-order valence-corrected chi connectivity index (χ4v) is 7.42. The van der Waals surface area contributed by atoms with Crippen LogP contribution >= 0.6 is 11.8 Å². The third-order valence-corrected chi connectivity index (χ3v) is 9.49. The van der Waals surface area contributed by atoms with E-state index in [4.69, 9.17) is 0 Å². The van der Waals surface area contributed by atoms with Gasteiger partial charge in [-0.15, -0.1) is 0 Å². The Morgan fingerprint density at radius 1 is 0.789 bits per heavy atom. The molecule has 1 heterocycles. The minimum absolute atomic E-state index is 0.0178. The molecule has 3 aliphatic rings. The summed E-state index contributed by atoms with van der Waals surface area (Å²) in [6, 6.07) is 17.4.